The zero-order chi connectivity index (χ0) is 8.71. The summed E-state index contributed by atoms with van der Waals surface area (Å²) in [4.78, 5) is 0. The summed E-state index contributed by atoms with van der Waals surface area (Å²) in [6, 6.07) is 0. The van der Waals surface area contributed by atoms with E-state index >= 15 is 0 Å². The van der Waals surface area contributed by atoms with Gasteiger partial charge in [0.15, 0.2) is 0 Å². The molecule has 0 N–H and O–H groups in total. The molecule has 0 unspecified atom stereocenters. The van der Waals surface area contributed by atoms with Crippen molar-refractivity contribution in [3.63, 3.8) is 0 Å². The van der Waals surface area contributed by atoms with Gasteiger partial charge in [0.2, 0.25) is 0 Å². The van der Waals surface area contributed by atoms with Crippen LogP contribution in [0.25, 0.3) is 0 Å². The standard InChI is InChI=1S/CHIS.2CH4S.IS/c2-1-3;3*1-2/h1H;2*2H,1H3;/q;;;-1/p-2. The Morgan fingerprint density at radius 3 is 1.11 bits per heavy atom. The van der Waals surface area contributed by atoms with E-state index in [2.05, 4.69) is 47.3 Å². The van der Waals surface area contributed by atoms with Crippen LogP contribution >= 0.6 is 56.0 Å². The Morgan fingerprint density at radius 2 is 1.11 bits per heavy atom. The SMILES string of the molecule is C[S-].C[S-].S=CI.[S-]I. The third-order valence-electron chi connectivity index (χ3n) is 0. The van der Waals surface area contributed by atoms with E-state index in [0.29, 0.717) is 0 Å². The Hall–Kier alpha value is 2.60. The van der Waals surface area contributed by atoms with Crippen molar-refractivity contribution in [2.24, 2.45) is 0 Å². The van der Waals surface area contributed by atoms with Gasteiger partial charge >= 0.3 is 0 Å². The van der Waals surface area contributed by atoms with Crippen molar-refractivity contribution in [1.29, 1.82) is 0 Å². The lowest BCUT2D eigenvalue weighted by Gasteiger charge is -1.54. The minimum Gasteiger partial charge on any atom is -0.796 e. The van der Waals surface area contributed by atoms with Gasteiger partial charge in [-0.3, -0.25) is 21.2 Å². The topological polar surface area (TPSA) is 0 Å². The van der Waals surface area contributed by atoms with Crippen molar-refractivity contribution in [3.8, 4) is 0 Å². The summed E-state index contributed by atoms with van der Waals surface area (Å²) < 4.78 is 1.55. The van der Waals surface area contributed by atoms with Gasteiger partial charge in [-0.05, 0) is 22.6 Å². The molecular formula is C3H7I2S4-3. The van der Waals surface area contributed by atoms with Crippen LogP contribution in [0.2, 0.25) is 0 Å². The molecule has 0 rings (SSSR count). The van der Waals surface area contributed by atoms with Crippen LogP contribution in [0, 0.1) is 0 Å². The van der Waals surface area contributed by atoms with Gasteiger partial charge in [0.05, 0.1) is 0 Å². The maximum Gasteiger partial charge on any atom is 0.0399 e. The Labute approximate surface area is 105 Å². The average Bonchev–Trinajstić information content (AvgIpc) is 2.01. The molecule has 0 saturated heterocycles. The second kappa shape index (κ2) is 75.4. The number of hydrogen-bond donors (Lipinski definition) is 0. The summed E-state index contributed by atoms with van der Waals surface area (Å²) in [5, 5.41) is 0. The van der Waals surface area contributed by atoms with Crippen molar-refractivity contribution in [2.75, 3.05) is 12.5 Å². The normalized spacial score (nSPS) is 3.44. The van der Waals surface area contributed by atoms with Crippen molar-refractivity contribution < 1.29 is 0 Å². The number of thiocarbonyl (C=S) groups is 1. The molecule has 0 radical (unpaired) electrons. The first-order valence-electron chi connectivity index (χ1n) is 1.42. The number of halogens is 2. The Morgan fingerprint density at radius 1 is 1.11 bits per heavy atom. The number of hydrogen-bond acceptors (Lipinski definition) is 4. The molecule has 0 nitrogen and oxygen atoms in total. The van der Waals surface area contributed by atoms with Crippen molar-refractivity contribution in [2.45, 2.75) is 0 Å². The van der Waals surface area contributed by atoms with Gasteiger partial charge in [-0.25, -0.2) is 0 Å². The zero-order valence-corrected chi connectivity index (χ0v) is 12.5. The molecule has 0 aliphatic rings. The first-order valence-corrected chi connectivity index (χ1v) is 7.73. The molecule has 0 aromatic carbocycles. The fraction of sp³-hybridized carbons (Fsp3) is 0.667. The van der Waals surface area contributed by atoms with Gasteiger partial charge in [0, 0.05) is 3.37 Å². The van der Waals surface area contributed by atoms with Crippen LogP contribution in [0.1, 0.15) is 0 Å². The second-order valence-electron chi connectivity index (χ2n) is 0.0891. The minimum atomic E-state index is 1.55. The first kappa shape index (κ1) is 22.6. The molecule has 0 amide bonds. The smallest absolute Gasteiger partial charge is 0.0399 e. The lowest BCUT2D eigenvalue weighted by atomic mass is 12.0. The summed E-state index contributed by atoms with van der Waals surface area (Å²) in [6.07, 6.45) is 3.17. The van der Waals surface area contributed by atoms with E-state index in [1.165, 1.54) is 0 Å². The van der Waals surface area contributed by atoms with E-state index in [9.17, 15) is 0 Å². The predicted molar refractivity (Wildman–Crippen MR) is 75.6 cm³/mol. The molecule has 0 bridgehead atoms. The molecular weight excluding hydrogens is 418 g/mol. The lowest BCUT2D eigenvalue weighted by Crippen LogP contribution is -1.11. The first-order chi connectivity index (χ1) is 4.41. The van der Waals surface area contributed by atoms with E-state index in [0.717, 1.165) is 0 Å². The van der Waals surface area contributed by atoms with Crippen molar-refractivity contribution >= 4 is 94.4 Å². The molecule has 0 spiro atoms. The zero-order valence-electron chi connectivity index (χ0n) is 4.97. The molecule has 0 atom stereocenters. The predicted octanol–water partition coefficient (Wildman–Crippen LogP) is 2.59. The van der Waals surface area contributed by atoms with Gasteiger partial charge in [0.1, 0.15) is 0 Å². The van der Waals surface area contributed by atoms with E-state index in [1.54, 1.807) is 37.1 Å². The number of rotatable bonds is 0. The maximum absolute atomic E-state index is 4.26. The van der Waals surface area contributed by atoms with Crippen molar-refractivity contribution in [1.82, 2.24) is 0 Å². The molecule has 0 aliphatic carbocycles. The van der Waals surface area contributed by atoms with Crippen LogP contribution in [0.15, 0.2) is 0 Å². The molecule has 9 heavy (non-hydrogen) atoms. The Balaban J connectivity index is -0.0000000190. The van der Waals surface area contributed by atoms with Gasteiger partial charge in [0.25, 0.3) is 0 Å². The molecule has 0 aromatic heterocycles. The van der Waals surface area contributed by atoms with E-state index in [1.807, 2.05) is 22.6 Å². The highest BCUT2D eigenvalue weighted by atomic mass is 127. The molecule has 60 valence electrons. The maximum atomic E-state index is 4.26. The Kier molecular flexibility index (Phi) is 189. The molecule has 0 fully saturated rings. The lowest BCUT2D eigenvalue weighted by molar-refractivity contribution is 2.54. The van der Waals surface area contributed by atoms with Crippen molar-refractivity contribution in [3.05, 3.63) is 0 Å². The quantitative estimate of drug-likeness (QED) is 0.253. The molecule has 0 aliphatic heterocycles. The highest BCUT2D eigenvalue weighted by molar-refractivity contribution is 14.2. The summed E-state index contributed by atoms with van der Waals surface area (Å²) in [7, 11) is 4.05. The van der Waals surface area contributed by atoms with Gasteiger partial charge in [-0.2, -0.15) is 12.5 Å². The third kappa shape index (κ3) is 116. The van der Waals surface area contributed by atoms with Crippen LogP contribution < -0.4 is 0 Å². The van der Waals surface area contributed by atoms with Crippen LogP contribution in [0.3, 0.4) is 0 Å². The van der Waals surface area contributed by atoms with E-state index in [4.69, 9.17) is 0 Å². The second-order valence-corrected chi connectivity index (χ2v) is 1.79. The van der Waals surface area contributed by atoms with Gasteiger partial charge < -0.3 is 35.1 Å². The van der Waals surface area contributed by atoms with Gasteiger partial charge in [-0.15, -0.1) is 0 Å². The highest BCUT2D eigenvalue weighted by Crippen LogP contribution is 1.61. The van der Waals surface area contributed by atoms with Crippen LogP contribution in [-0.2, 0) is 35.1 Å². The summed E-state index contributed by atoms with van der Waals surface area (Å²) >= 11 is 16.1. The van der Waals surface area contributed by atoms with Gasteiger partial charge in [-0.1, -0.05) is 12.2 Å². The van der Waals surface area contributed by atoms with E-state index < -0.39 is 0 Å². The van der Waals surface area contributed by atoms with Crippen LogP contribution in [0.5, 0.6) is 0 Å². The van der Waals surface area contributed by atoms with E-state index in [-0.39, 0.29) is 0 Å². The summed E-state index contributed by atoms with van der Waals surface area (Å²) in [5.74, 6) is 0. The summed E-state index contributed by atoms with van der Waals surface area (Å²) in [5.41, 5.74) is 0. The monoisotopic (exact) mass is 425 g/mol. The summed E-state index contributed by atoms with van der Waals surface area (Å²) in [6.45, 7) is 0. The third-order valence-corrected chi connectivity index (χ3v) is 0. The van der Waals surface area contributed by atoms with Crippen LogP contribution in [0.4, 0.5) is 0 Å². The minimum absolute atomic E-state index is 1.55. The molecule has 0 aromatic rings. The molecule has 6 heteroatoms. The molecule has 0 heterocycles. The Bertz CT molecular complexity index is 21.3. The molecule has 0 saturated carbocycles. The fourth-order valence-corrected chi connectivity index (χ4v) is 0. The fourth-order valence-electron chi connectivity index (χ4n) is 0. The average molecular weight is 425 g/mol. The largest absolute Gasteiger partial charge is 0.796 e. The highest BCUT2D eigenvalue weighted by Gasteiger charge is 1.22. The van der Waals surface area contributed by atoms with Crippen LogP contribution in [-0.4, -0.2) is 15.9 Å².